The Hall–Kier alpha value is -3.29. The van der Waals surface area contributed by atoms with Crippen LogP contribution in [0.5, 0.6) is 5.75 Å². The molecule has 156 valence electrons. The summed E-state index contributed by atoms with van der Waals surface area (Å²) in [7, 11) is 1.60. The third kappa shape index (κ3) is 3.77. The first-order valence-corrected chi connectivity index (χ1v) is 9.58. The van der Waals surface area contributed by atoms with Gasteiger partial charge in [0.25, 0.3) is 0 Å². The molecule has 0 fully saturated rings. The zero-order chi connectivity index (χ0) is 21.3. The number of H-pyrrole nitrogens is 1. The average Bonchev–Trinajstić information content (AvgIpc) is 3.01. The maximum atomic E-state index is 13.9. The average molecular weight is 415 g/mol. The van der Waals surface area contributed by atoms with Crippen molar-refractivity contribution in [3.8, 4) is 17.0 Å². The van der Waals surface area contributed by atoms with Gasteiger partial charge in [-0.15, -0.1) is 0 Å². The summed E-state index contributed by atoms with van der Waals surface area (Å²) in [6.07, 6.45) is 0.625. The molecule has 0 saturated carbocycles. The van der Waals surface area contributed by atoms with Crippen LogP contribution >= 0.6 is 0 Å². The van der Waals surface area contributed by atoms with E-state index in [2.05, 4.69) is 10.2 Å². The first-order valence-electron chi connectivity index (χ1n) is 9.58. The number of aromatic amines is 1. The molecule has 1 aliphatic heterocycles. The highest BCUT2D eigenvalue weighted by Crippen LogP contribution is 2.33. The molecule has 0 spiro atoms. The van der Waals surface area contributed by atoms with Crippen LogP contribution in [0.3, 0.4) is 0 Å². The number of carbonyl (C=O) groups excluding carboxylic acids is 1. The van der Waals surface area contributed by atoms with E-state index >= 15 is 0 Å². The Morgan fingerprint density at radius 3 is 2.57 bits per heavy atom. The molecule has 3 aromatic rings. The number of nitrogens with one attached hydrogen (secondary N) is 1. The molecule has 1 amide bonds. The third-order valence-electron chi connectivity index (χ3n) is 5.36. The second-order valence-electron chi connectivity index (χ2n) is 7.14. The molecule has 30 heavy (non-hydrogen) atoms. The molecular weight excluding hydrogens is 395 g/mol. The monoisotopic (exact) mass is 415 g/mol. The smallest absolute Gasteiger partial charge is 0.227 e. The number of methoxy groups -OCH3 is 1. The fourth-order valence-electron chi connectivity index (χ4n) is 3.80. The van der Waals surface area contributed by atoms with Crippen molar-refractivity contribution >= 4 is 5.91 Å². The normalized spacial score (nSPS) is 13.7. The van der Waals surface area contributed by atoms with Crippen molar-refractivity contribution in [1.29, 1.82) is 0 Å². The van der Waals surface area contributed by atoms with E-state index in [4.69, 9.17) is 4.74 Å². The summed E-state index contributed by atoms with van der Waals surface area (Å²) in [6, 6.07) is 8.73. The number of rotatable bonds is 4. The van der Waals surface area contributed by atoms with Gasteiger partial charge in [0.2, 0.25) is 5.91 Å². The maximum Gasteiger partial charge on any atom is 0.227 e. The van der Waals surface area contributed by atoms with Gasteiger partial charge in [-0.3, -0.25) is 9.89 Å². The predicted octanol–water partition coefficient (Wildman–Crippen LogP) is 3.67. The number of halogens is 3. The molecule has 2 aromatic carbocycles. The summed E-state index contributed by atoms with van der Waals surface area (Å²) >= 11 is 0. The van der Waals surface area contributed by atoms with E-state index in [1.165, 1.54) is 0 Å². The quantitative estimate of drug-likeness (QED) is 0.708. The summed E-state index contributed by atoms with van der Waals surface area (Å²) in [5.74, 6) is -2.82. The Morgan fingerprint density at radius 2 is 1.83 bits per heavy atom. The van der Waals surface area contributed by atoms with Gasteiger partial charge in [0.05, 0.1) is 19.2 Å². The largest absolute Gasteiger partial charge is 0.496 e. The second kappa shape index (κ2) is 8.22. The molecule has 0 atom stereocenters. The number of benzene rings is 2. The van der Waals surface area contributed by atoms with Gasteiger partial charge in [0, 0.05) is 54.0 Å². The van der Waals surface area contributed by atoms with E-state index in [1.54, 1.807) is 12.0 Å². The Kier molecular flexibility index (Phi) is 5.48. The van der Waals surface area contributed by atoms with Crippen LogP contribution in [0.15, 0.2) is 36.4 Å². The number of aromatic nitrogens is 2. The minimum atomic E-state index is -1.05. The van der Waals surface area contributed by atoms with Crippen LogP contribution < -0.4 is 4.74 Å². The highest BCUT2D eigenvalue weighted by Gasteiger charge is 2.25. The first kappa shape index (κ1) is 20.0. The standard InChI is InChI=1S/C22H20F3N3O2/c1-30-20-5-3-2-4-15(20)22-14-6-8-28(9-7-19(14)26-27-22)21(29)12-16-17(24)10-13(23)11-18(16)25/h2-5,10-11H,6-9,12H2,1H3,(H,26,27). The lowest BCUT2D eigenvalue weighted by molar-refractivity contribution is -0.130. The number of para-hydroxylation sites is 1. The summed E-state index contributed by atoms with van der Waals surface area (Å²) in [4.78, 5) is 14.3. The van der Waals surface area contributed by atoms with Gasteiger partial charge in [-0.05, 0) is 18.6 Å². The van der Waals surface area contributed by atoms with Gasteiger partial charge >= 0.3 is 0 Å². The Bertz CT molecular complexity index is 1070. The SMILES string of the molecule is COc1ccccc1-c1n[nH]c2c1CCN(C(=O)Cc1c(F)cc(F)cc1F)CC2. The van der Waals surface area contributed by atoms with E-state index in [1.807, 2.05) is 24.3 Å². The van der Waals surface area contributed by atoms with Crippen molar-refractivity contribution in [3.05, 3.63) is 70.7 Å². The van der Waals surface area contributed by atoms with Gasteiger partial charge in [-0.25, -0.2) is 13.2 Å². The minimum Gasteiger partial charge on any atom is -0.496 e. The molecule has 0 saturated heterocycles. The molecular formula is C22H20F3N3O2. The fraction of sp³-hybridized carbons (Fsp3) is 0.273. The molecule has 0 aliphatic carbocycles. The predicted molar refractivity (Wildman–Crippen MR) is 105 cm³/mol. The van der Waals surface area contributed by atoms with Crippen LogP contribution in [0.1, 0.15) is 16.8 Å². The molecule has 0 radical (unpaired) electrons. The molecule has 1 N–H and O–H groups in total. The summed E-state index contributed by atoms with van der Waals surface area (Å²) in [5, 5.41) is 7.49. The highest BCUT2D eigenvalue weighted by molar-refractivity contribution is 5.79. The Labute approximate surface area is 171 Å². The molecule has 5 nitrogen and oxygen atoms in total. The van der Waals surface area contributed by atoms with Crippen LogP contribution in [0.2, 0.25) is 0 Å². The van der Waals surface area contributed by atoms with Crippen LogP contribution in [0, 0.1) is 17.5 Å². The zero-order valence-electron chi connectivity index (χ0n) is 16.3. The van der Waals surface area contributed by atoms with Crippen LogP contribution in [0.4, 0.5) is 13.2 Å². The van der Waals surface area contributed by atoms with Crippen molar-refractivity contribution in [2.45, 2.75) is 19.3 Å². The summed E-state index contributed by atoms with van der Waals surface area (Å²) in [6.45, 7) is 0.780. The van der Waals surface area contributed by atoms with Crippen LogP contribution in [-0.2, 0) is 24.1 Å². The number of ether oxygens (including phenoxy) is 1. The summed E-state index contributed by atoms with van der Waals surface area (Å²) < 4.78 is 46.4. The topological polar surface area (TPSA) is 58.2 Å². The van der Waals surface area contributed by atoms with E-state index in [0.717, 1.165) is 22.5 Å². The number of nitrogens with zero attached hydrogens (tertiary/aromatic N) is 2. The molecule has 4 rings (SSSR count). The van der Waals surface area contributed by atoms with Crippen molar-refractivity contribution in [1.82, 2.24) is 15.1 Å². The molecule has 2 heterocycles. The van der Waals surface area contributed by atoms with Crippen LogP contribution in [-0.4, -0.2) is 41.2 Å². The van der Waals surface area contributed by atoms with Gasteiger partial charge in [-0.1, -0.05) is 12.1 Å². The molecule has 8 heteroatoms. The molecule has 0 unspecified atom stereocenters. The van der Waals surface area contributed by atoms with Crippen molar-refractivity contribution in [3.63, 3.8) is 0 Å². The highest BCUT2D eigenvalue weighted by atomic mass is 19.1. The second-order valence-corrected chi connectivity index (χ2v) is 7.14. The maximum absolute atomic E-state index is 13.9. The lowest BCUT2D eigenvalue weighted by Gasteiger charge is -2.20. The lowest BCUT2D eigenvalue weighted by Crippen LogP contribution is -2.35. The summed E-state index contributed by atoms with van der Waals surface area (Å²) in [5.41, 5.74) is 3.12. The fourth-order valence-corrected chi connectivity index (χ4v) is 3.80. The van der Waals surface area contributed by atoms with Crippen molar-refractivity contribution in [2.75, 3.05) is 20.2 Å². The van der Waals surface area contributed by atoms with Gasteiger partial charge in [0.1, 0.15) is 23.2 Å². The lowest BCUT2D eigenvalue weighted by atomic mass is 10.0. The number of hydrogen-bond donors (Lipinski definition) is 1. The molecule has 1 aliphatic rings. The van der Waals surface area contributed by atoms with Crippen LogP contribution in [0.25, 0.3) is 11.3 Å². The Morgan fingerprint density at radius 1 is 1.13 bits per heavy atom. The number of hydrogen-bond acceptors (Lipinski definition) is 3. The van der Waals surface area contributed by atoms with Gasteiger partial charge in [0.15, 0.2) is 0 Å². The minimum absolute atomic E-state index is 0.387. The van der Waals surface area contributed by atoms with E-state index < -0.39 is 35.3 Å². The number of amides is 1. The van der Waals surface area contributed by atoms with Crippen molar-refractivity contribution < 1.29 is 22.7 Å². The third-order valence-corrected chi connectivity index (χ3v) is 5.36. The van der Waals surface area contributed by atoms with Gasteiger partial charge in [-0.2, -0.15) is 5.10 Å². The number of carbonyl (C=O) groups is 1. The van der Waals surface area contributed by atoms with E-state index in [9.17, 15) is 18.0 Å². The number of fused-ring (bicyclic) bond motifs is 1. The van der Waals surface area contributed by atoms with E-state index in [0.29, 0.717) is 43.8 Å². The van der Waals surface area contributed by atoms with E-state index in [-0.39, 0.29) is 0 Å². The molecule has 1 aromatic heterocycles. The molecule has 0 bridgehead atoms. The van der Waals surface area contributed by atoms with Crippen molar-refractivity contribution in [2.24, 2.45) is 0 Å². The first-order chi connectivity index (χ1) is 14.5. The van der Waals surface area contributed by atoms with Gasteiger partial charge < -0.3 is 9.64 Å². The Balaban J connectivity index is 1.53. The zero-order valence-corrected chi connectivity index (χ0v) is 16.3.